The summed E-state index contributed by atoms with van der Waals surface area (Å²) < 4.78 is 112. The van der Waals surface area contributed by atoms with Crippen molar-refractivity contribution in [2.24, 2.45) is 5.41 Å². The number of nitrogens with zero attached hydrogens (tertiary/aromatic N) is 1. The number of quaternary nitrogens is 1. The van der Waals surface area contributed by atoms with E-state index in [4.69, 9.17) is 99.4 Å². The van der Waals surface area contributed by atoms with Gasteiger partial charge in [0, 0.05) is 70.6 Å². The molecule has 2 aromatic rings. The van der Waals surface area contributed by atoms with Gasteiger partial charge in [0.05, 0.1) is 207 Å². The van der Waals surface area contributed by atoms with Crippen molar-refractivity contribution in [2.45, 2.75) is 225 Å². The first kappa shape index (κ1) is 114. The summed E-state index contributed by atoms with van der Waals surface area (Å²) in [6.07, 6.45) is 25.6. The van der Waals surface area contributed by atoms with Crippen LogP contribution in [0.3, 0.4) is 0 Å². The van der Waals surface area contributed by atoms with Crippen molar-refractivity contribution >= 4 is 70.4 Å². The monoisotopic (exact) mass is 1800 g/mol. The van der Waals surface area contributed by atoms with E-state index in [2.05, 4.69) is 54.5 Å². The summed E-state index contributed by atoms with van der Waals surface area (Å²) in [4.78, 5) is 85.3. The normalized spacial score (nSPS) is 13.1. The van der Waals surface area contributed by atoms with Crippen LogP contribution in [0.2, 0.25) is 10.0 Å². The first-order chi connectivity index (χ1) is 59.5. The number of carboxylic acid groups (broad SMARTS) is 2. The zero-order chi connectivity index (χ0) is 89.8. The summed E-state index contributed by atoms with van der Waals surface area (Å²) in [5.41, 5.74) is 0.455. The maximum absolute atomic E-state index is 13.7. The molecule has 2 aromatic carbocycles. The van der Waals surface area contributed by atoms with Gasteiger partial charge < -0.3 is 108 Å². The third kappa shape index (κ3) is 64.8. The SMILES string of the molecule is CCCCCCCCCCCCOCC(C[N+](C)(C)CCCNC(=O)CCC(=O)NCCOCCOCCOCCOCCOCCOCCOCCOCCOCCOCCOCCOCCC(=O)NCCC1(C(=O)N[C@@H](Cc2ccc(NC(=O)c3c(Cl)cccc3Cl)cc2)C(=O)O)CCCC1)OCCCCCCCCCCCC.O=C(O)C(F)(F)F. The number of ether oxygens (including phenoxy) is 14. The average molecular weight is 1800 g/mol. The smallest absolute Gasteiger partial charge is 0.480 e. The predicted molar refractivity (Wildman–Crippen MR) is 467 cm³/mol. The van der Waals surface area contributed by atoms with Crippen LogP contribution in [-0.2, 0) is 102 Å². The molecule has 123 heavy (non-hydrogen) atoms. The minimum atomic E-state index is -5.08. The molecule has 0 spiro atoms. The van der Waals surface area contributed by atoms with Crippen LogP contribution in [0.1, 0.15) is 216 Å². The van der Waals surface area contributed by atoms with Crippen LogP contribution in [0.4, 0.5) is 18.9 Å². The lowest BCUT2D eigenvalue weighted by atomic mass is 9.81. The minimum Gasteiger partial charge on any atom is -0.480 e. The Morgan fingerprint density at radius 1 is 0.447 bits per heavy atom. The summed E-state index contributed by atoms with van der Waals surface area (Å²) in [6.45, 7) is 19.5. The van der Waals surface area contributed by atoms with Crippen molar-refractivity contribution in [3.05, 3.63) is 63.6 Å². The number of halogens is 5. The lowest BCUT2D eigenvalue weighted by Gasteiger charge is -2.33. The Hall–Kier alpha value is -5.50. The van der Waals surface area contributed by atoms with E-state index in [-0.39, 0.29) is 84.2 Å². The number of carbonyl (C=O) groups excluding carboxylic acids is 5. The fraction of sp³-hybridized carbons (Fsp3) is 0.787. The molecule has 29 nitrogen and oxygen atoms in total. The first-order valence-electron chi connectivity index (χ1n) is 44.9. The molecule has 1 saturated carbocycles. The predicted octanol–water partition coefficient (Wildman–Crippen LogP) is 13.4. The zero-order valence-electron chi connectivity index (χ0n) is 74.3. The summed E-state index contributed by atoms with van der Waals surface area (Å²) >= 11 is 12.3. The lowest BCUT2D eigenvalue weighted by molar-refractivity contribution is -0.893. The quantitative estimate of drug-likeness (QED) is 0.0239. The van der Waals surface area contributed by atoms with E-state index in [0.717, 1.165) is 62.9 Å². The molecule has 0 bridgehead atoms. The third-order valence-corrected chi connectivity index (χ3v) is 20.8. The Labute approximate surface area is 740 Å². The van der Waals surface area contributed by atoms with Gasteiger partial charge in [-0.25, -0.2) is 9.59 Å². The number of hydrogen-bond acceptors (Lipinski definition) is 21. The number of benzene rings is 2. The molecule has 0 heterocycles. The Kier molecular flexibility index (Phi) is 70.7. The number of unbranched alkanes of at least 4 members (excludes halogenated alkanes) is 18. The van der Waals surface area contributed by atoms with Crippen molar-refractivity contribution in [1.29, 1.82) is 0 Å². The fourth-order valence-electron chi connectivity index (χ4n) is 13.2. The van der Waals surface area contributed by atoms with Crippen LogP contribution in [0, 0.1) is 5.41 Å². The molecule has 1 unspecified atom stereocenters. The van der Waals surface area contributed by atoms with Gasteiger partial charge in [0.2, 0.25) is 23.6 Å². The van der Waals surface area contributed by atoms with E-state index in [0.29, 0.717) is 202 Å². The molecule has 0 aliphatic heterocycles. The second-order valence-corrected chi connectivity index (χ2v) is 31.9. The number of likely N-dealkylation sites (N-methyl/N-ethyl adjacent to an activating group) is 1. The van der Waals surface area contributed by atoms with Gasteiger partial charge in [-0.2, -0.15) is 13.2 Å². The molecule has 1 fully saturated rings. The maximum Gasteiger partial charge on any atom is 0.490 e. The van der Waals surface area contributed by atoms with Crippen LogP contribution in [0.5, 0.6) is 0 Å². The molecule has 2 atom stereocenters. The highest BCUT2D eigenvalue weighted by atomic mass is 35.5. The van der Waals surface area contributed by atoms with Crippen molar-refractivity contribution < 1.29 is 128 Å². The Morgan fingerprint density at radius 2 is 0.813 bits per heavy atom. The summed E-state index contributed by atoms with van der Waals surface area (Å²) in [5, 5.41) is 31.8. The molecular formula is C89H152Cl2F3N6O23+. The minimum absolute atomic E-state index is 0.0265. The van der Waals surface area contributed by atoms with Gasteiger partial charge in [-0.1, -0.05) is 184 Å². The Bertz CT molecular complexity index is 2970. The van der Waals surface area contributed by atoms with Crippen molar-refractivity contribution in [1.82, 2.24) is 21.3 Å². The summed E-state index contributed by atoms with van der Waals surface area (Å²) in [6, 6.07) is 10.2. The van der Waals surface area contributed by atoms with Crippen LogP contribution in [-0.4, -0.2) is 300 Å². The lowest BCUT2D eigenvalue weighted by Crippen LogP contribution is -2.49. The van der Waals surface area contributed by atoms with Crippen LogP contribution in [0.25, 0.3) is 0 Å². The highest BCUT2D eigenvalue weighted by molar-refractivity contribution is 6.40. The number of rotatable bonds is 83. The van der Waals surface area contributed by atoms with Crippen LogP contribution in [0.15, 0.2) is 42.5 Å². The third-order valence-electron chi connectivity index (χ3n) is 20.1. The molecule has 3 rings (SSSR count). The number of hydrogen-bond donors (Lipinski definition) is 7. The molecule has 710 valence electrons. The number of nitrogens with one attached hydrogen (secondary N) is 5. The van der Waals surface area contributed by atoms with Gasteiger partial charge in [0.1, 0.15) is 18.7 Å². The molecular weight excluding hydrogens is 1650 g/mol. The molecule has 7 N–H and O–H groups in total. The number of carbonyl (C=O) groups is 7. The van der Waals surface area contributed by atoms with Gasteiger partial charge in [0.15, 0.2) is 0 Å². The number of alkyl halides is 3. The Morgan fingerprint density at radius 3 is 1.22 bits per heavy atom. The van der Waals surface area contributed by atoms with E-state index in [9.17, 15) is 47.0 Å². The number of aliphatic carboxylic acids is 2. The summed E-state index contributed by atoms with van der Waals surface area (Å²) in [5.74, 6) is -5.27. The molecule has 1 aliphatic carbocycles. The van der Waals surface area contributed by atoms with E-state index in [1.165, 1.54) is 116 Å². The van der Waals surface area contributed by atoms with E-state index < -0.39 is 35.5 Å². The second-order valence-electron chi connectivity index (χ2n) is 31.1. The molecule has 0 saturated heterocycles. The Balaban J connectivity index is 0.00000699. The van der Waals surface area contributed by atoms with Crippen molar-refractivity contribution in [3.63, 3.8) is 0 Å². The molecule has 0 radical (unpaired) electrons. The van der Waals surface area contributed by atoms with E-state index in [1.807, 2.05) is 0 Å². The van der Waals surface area contributed by atoms with Crippen molar-refractivity contribution in [2.75, 3.05) is 231 Å². The maximum atomic E-state index is 13.7. The topological polar surface area (TPSA) is 349 Å². The highest BCUT2D eigenvalue weighted by Gasteiger charge is 2.42. The van der Waals surface area contributed by atoms with Gasteiger partial charge in [-0.05, 0) is 61.9 Å². The standard InChI is InChI=1S/C87H150Cl2N6O21.C2HF3O2/c1-5-7-9-11-13-15-17-19-21-25-45-115-73-76(116-46-26-22-20-18-16-14-12-10-8-6-2)72-95(3,4)44-28-41-90-80(96)35-36-81(97)92-43-48-104-50-52-106-54-56-108-58-60-110-62-64-112-66-68-114-70-69-113-67-65-111-63-61-109-59-57-107-55-53-105-51-49-103-47-37-82(98)91-42-40-87(38-23-24-39-87)86(102)94-79(85(100)101)71-74-31-33-75(34-32-74)93-84(99)83-77(88)29-27-30-78(83)89;3-2(4,5)1(6)7/h27,29-34,76,79H,5-26,28,35-73H2,1-4H3,(H5-,90,91,92,93,94,96,97,98,99,100,101,102);(H,6,7)/p+1/t76?,79-;/m0./s1. The molecule has 5 amide bonds. The zero-order valence-corrected chi connectivity index (χ0v) is 75.9. The van der Waals surface area contributed by atoms with Crippen LogP contribution < -0.4 is 26.6 Å². The first-order valence-corrected chi connectivity index (χ1v) is 45.7. The highest BCUT2D eigenvalue weighted by Crippen LogP contribution is 2.41. The van der Waals surface area contributed by atoms with E-state index in [1.54, 1.807) is 42.5 Å². The number of anilines is 1. The van der Waals surface area contributed by atoms with Gasteiger partial charge in [0.25, 0.3) is 5.91 Å². The van der Waals surface area contributed by atoms with Gasteiger partial charge >= 0.3 is 18.1 Å². The average Bonchev–Trinajstić information content (AvgIpc) is 1.66. The molecule has 0 aromatic heterocycles. The number of carboxylic acids is 2. The van der Waals surface area contributed by atoms with Crippen LogP contribution >= 0.6 is 23.2 Å². The largest absolute Gasteiger partial charge is 0.490 e. The summed E-state index contributed by atoms with van der Waals surface area (Å²) in [7, 11) is 4.46. The van der Waals surface area contributed by atoms with Gasteiger partial charge in [-0.15, -0.1) is 0 Å². The molecule has 1 aliphatic rings. The second kappa shape index (κ2) is 76.5. The van der Waals surface area contributed by atoms with Crippen molar-refractivity contribution in [3.8, 4) is 0 Å². The fourth-order valence-corrected chi connectivity index (χ4v) is 13.7. The number of amides is 5. The van der Waals surface area contributed by atoms with Gasteiger partial charge in [-0.3, -0.25) is 24.0 Å². The molecule has 34 heteroatoms. The van der Waals surface area contributed by atoms with E-state index >= 15 is 0 Å².